The second kappa shape index (κ2) is 6.52. The van der Waals surface area contributed by atoms with Crippen molar-refractivity contribution in [2.24, 2.45) is 5.92 Å². The molecule has 6 heteroatoms. The van der Waals surface area contributed by atoms with Crippen LogP contribution < -0.4 is 5.32 Å². The van der Waals surface area contributed by atoms with Gasteiger partial charge in [-0.3, -0.25) is 0 Å². The molecule has 1 N–H and O–H groups in total. The molecule has 112 valence electrons. The van der Waals surface area contributed by atoms with Crippen LogP contribution in [-0.2, 0) is 19.3 Å². The van der Waals surface area contributed by atoms with E-state index >= 15 is 0 Å². The summed E-state index contributed by atoms with van der Waals surface area (Å²) in [5.41, 5.74) is 0. The Hall–Kier alpha value is -0.170. The van der Waals surface area contributed by atoms with E-state index in [-0.39, 0.29) is 17.6 Å². The highest BCUT2D eigenvalue weighted by Crippen LogP contribution is 2.32. The lowest BCUT2D eigenvalue weighted by Gasteiger charge is -2.34. The Bertz CT molecular complexity index is 378. The summed E-state index contributed by atoms with van der Waals surface area (Å²) in [4.78, 5) is 0. The van der Waals surface area contributed by atoms with Gasteiger partial charge in [-0.25, -0.2) is 8.42 Å². The molecule has 0 bridgehead atoms. The topological polar surface area (TPSA) is 64.6 Å². The van der Waals surface area contributed by atoms with E-state index in [1.807, 2.05) is 7.05 Å². The normalized spacial score (nSPS) is 31.5. The molecule has 2 rings (SSSR count). The average molecular weight is 291 g/mol. The fourth-order valence-electron chi connectivity index (χ4n) is 3.23. The highest BCUT2D eigenvalue weighted by atomic mass is 32.2. The van der Waals surface area contributed by atoms with Gasteiger partial charge in [-0.05, 0) is 32.2 Å². The van der Waals surface area contributed by atoms with Gasteiger partial charge in [-0.15, -0.1) is 0 Å². The summed E-state index contributed by atoms with van der Waals surface area (Å²) in [6, 6.07) is 0.271. The van der Waals surface area contributed by atoms with Gasteiger partial charge in [0.1, 0.15) is 9.84 Å². The van der Waals surface area contributed by atoms with Crippen LogP contribution in [0, 0.1) is 5.92 Å². The van der Waals surface area contributed by atoms with Crippen LogP contribution in [0.1, 0.15) is 32.1 Å². The molecular formula is C13H25NO4S. The molecule has 5 nitrogen and oxygen atoms in total. The van der Waals surface area contributed by atoms with Crippen LogP contribution in [0.25, 0.3) is 0 Å². The maximum absolute atomic E-state index is 11.7. The molecule has 1 aliphatic carbocycles. The monoisotopic (exact) mass is 291 g/mol. The number of hydrogen-bond acceptors (Lipinski definition) is 5. The number of nitrogens with one attached hydrogen (secondary N) is 1. The van der Waals surface area contributed by atoms with Gasteiger partial charge in [0.15, 0.2) is 6.29 Å². The zero-order valence-electron chi connectivity index (χ0n) is 11.8. The highest BCUT2D eigenvalue weighted by Gasteiger charge is 2.34. The van der Waals surface area contributed by atoms with Crippen molar-refractivity contribution in [1.82, 2.24) is 5.32 Å². The predicted molar refractivity (Wildman–Crippen MR) is 73.7 cm³/mol. The number of sulfone groups is 1. The maximum atomic E-state index is 11.7. The molecule has 0 spiro atoms. The Balaban J connectivity index is 1.93. The van der Waals surface area contributed by atoms with Crippen LogP contribution in [0.15, 0.2) is 0 Å². The standard InChI is InChI=1S/C13H25NO4S/c1-14-12(9-13-17-6-7-18-13)10-4-3-5-11(8-10)19(2,15)16/h10-14H,3-9H2,1-2H3. The third-order valence-corrected chi connectivity index (χ3v) is 5.99. The first kappa shape index (κ1) is 15.2. The van der Waals surface area contributed by atoms with Crippen LogP contribution in [0.4, 0.5) is 0 Å². The van der Waals surface area contributed by atoms with Gasteiger partial charge in [-0.1, -0.05) is 6.42 Å². The molecule has 2 aliphatic rings. The van der Waals surface area contributed by atoms with E-state index in [1.54, 1.807) is 0 Å². The molecule has 0 radical (unpaired) electrons. The number of hydrogen-bond donors (Lipinski definition) is 1. The van der Waals surface area contributed by atoms with Crippen molar-refractivity contribution in [1.29, 1.82) is 0 Å². The first-order chi connectivity index (χ1) is 9.00. The highest BCUT2D eigenvalue weighted by molar-refractivity contribution is 7.91. The molecule has 1 heterocycles. The second-order valence-electron chi connectivity index (χ2n) is 5.68. The van der Waals surface area contributed by atoms with E-state index in [0.29, 0.717) is 19.1 Å². The smallest absolute Gasteiger partial charge is 0.159 e. The Kier molecular flexibility index (Phi) is 5.22. The fraction of sp³-hybridized carbons (Fsp3) is 1.00. The third-order valence-electron chi connectivity index (χ3n) is 4.35. The summed E-state index contributed by atoms with van der Waals surface area (Å²) in [7, 11) is -0.984. The van der Waals surface area contributed by atoms with Crippen LogP contribution in [0.5, 0.6) is 0 Å². The molecule has 1 saturated carbocycles. The van der Waals surface area contributed by atoms with Crippen molar-refractivity contribution in [3.63, 3.8) is 0 Å². The minimum Gasteiger partial charge on any atom is -0.350 e. The quantitative estimate of drug-likeness (QED) is 0.817. The van der Waals surface area contributed by atoms with Crippen molar-refractivity contribution in [3.8, 4) is 0 Å². The Morgan fingerprint density at radius 3 is 2.53 bits per heavy atom. The Morgan fingerprint density at radius 1 is 1.26 bits per heavy atom. The van der Waals surface area contributed by atoms with E-state index in [4.69, 9.17) is 9.47 Å². The van der Waals surface area contributed by atoms with Gasteiger partial charge in [0.2, 0.25) is 0 Å². The Labute approximate surface area is 116 Å². The van der Waals surface area contributed by atoms with Crippen LogP contribution in [0.2, 0.25) is 0 Å². The van der Waals surface area contributed by atoms with E-state index < -0.39 is 9.84 Å². The van der Waals surface area contributed by atoms with Crippen molar-refractivity contribution in [3.05, 3.63) is 0 Å². The first-order valence-corrected chi connectivity index (χ1v) is 9.05. The molecule has 19 heavy (non-hydrogen) atoms. The van der Waals surface area contributed by atoms with E-state index in [0.717, 1.165) is 32.1 Å². The van der Waals surface area contributed by atoms with Gasteiger partial charge in [0.05, 0.1) is 18.5 Å². The van der Waals surface area contributed by atoms with Crippen LogP contribution in [-0.4, -0.2) is 52.5 Å². The lowest BCUT2D eigenvalue weighted by Crippen LogP contribution is -2.41. The molecule has 0 aromatic carbocycles. The molecule has 0 aromatic heterocycles. The molecular weight excluding hydrogens is 266 g/mol. The summed E-state index contributed by atoms with van der Waals surface area (Å²) in [5, 5.41) is 3.14. The summed E-state index contributed by atoms with van der Waals surface area (Å²) in [5.74, 6) is 0.395. The molecule has 0 aromatic rings. The molecule has 0 amide bonds. The van der Waals surface area contributed by atoms with Crippen LogP contribution >= 0.6 is 0 Å². The van der Waals surface area contributed by atoms with E-state index in [2.05, 4.69) is 5.32 Å². The summed E-state index contributed by atoms with van der Waals surface area (Å²) in [6.07, 6.45) is 5.68. The molecule has 1 aliphatic heterocycles. The van der Waals surface area contributed by atoms with Gasteiger partial charge < -0.3 is 14.8 Å². The molecule has 2 fully saturated rings. The SMILES string of the molecule is CNC(CC1OCCO1)C1CCCC(S(C)(=O)=O)C1. The van der Waals surface area contributed by atoms with Gasteiger partial charge in [-0.2, -0.15) is 0 Å². The number of ether oxygens (including phenoxy) is 2. The second-order valence-corrected chi connectivity index (χ2v) is 8.01. The third kappa shape index (κ3) is 4.15. The van der Waals surface area contributed by atoms with E-state index in [9.17, 15) is 8.42 Å². The average Bonchev–Trinajstić information content (AvgIpc) is 2.88. The van der Waals surface area contributed by atoms with Crippen molar-refractivity contribution >= 4 is 9.84 Å². The molecule has 3 unspecified atom stereocenters. The fourth-order valence-corrected chi connectivity index (χ4v) is 4.42. The van der Waals surface area contributed by atoms with Gasteiger partial charge >= 0.3 is 0 Å². The first-order valence-electron chi connectivity index (χ1n) is 7.10. The summed E-state index contributed by atoms with van der Waals surface area (Å²) < 4.78 is 34.4. The van der Waals surface area contributed by atoms with Crippen molar-refractivity contribution in [2.75, 3.05) is 26.5 Å². The zero-order chi connectivity index (χ0) is 13.9. The minimum atomic E-state index is -2.92. The Morgan fingerprint density at radius 2 is 1.95 bits per heavy atom. The largest absolute Gasteiger partial charge is 0.350 e. The van der Waals surface area contributed by atoms with Crippen molar-refractivity contribution in [2.45, 2.75) is 49.7 Å². The minimum absolute atomic E-state index is 0.129. The molecule has 1 saturated heterocycles. The van der Waals surface area contributed by atoms with Crippen molar-refractivity contribution < 1.29 is 17.9 Å². The zero-order valence-corrected chi connectivity index (χ0v) is 12.6. The van der Waals surface area contributed by atoms with Gasteiger partial charge in [0.25, 0.3) is 0 Å². The summed E-state index contributed by atoms with van der Waals surface area (Å²) in [6.45, 7) is 1.33. The lowest BCUT2D eigenvalue weighted by atomic mass is 9.82. The van der Waals surface area contributed by atoms with Crippen LogP contribution in [0.3, 0.4) is 0 Å². The summed E-state index contributed by atoms with van der Waals surface area (Å²) >= 11 is 0. The number of rotatable bonds is 5. The predicted octanol–water partition coefficient (Wildman–Crippen LogP) is 0.941. The maximum Gasteiger partial charge on any atom is 0.159 e. The lowest BCUT2D eigenvalue weighted by molar-refractivity contribution is -0.0570. The van der Waals surface area contributed by atoms with E-state index in [1.165, 1.54) is 6.26 Å². The van der Waals surface area contributed by atoms with Gasteiger partial charge in [0, 0.05) is 18.7 Å². The molecule has 3 atom stereocenters.